The maximum Gasteiger partial charge on any atom is 0.307 e. The fourth-order valence-electron chi connectivity index (χ4n) is 2.52. The second kappa shape index (κ2) is 6.97. The van der Waals surface area contributed by atoms with Crippen LogP contribution in [0.2, 0.25) is 0 Å². The first-order valence-electron chi connectivity index (χ1n) is 6.67. The Morgan fingerprint density at radius 2 is 2.00 bits per heavy atom. The number of rotatable bonds is 6. The minimum atomic E-state index is -0.685. The molecule has 0 aliphatic carbocycles. The largest absolute Gasteiger partial charge is 0.481 e. The normalized spacial score (nSPS) is 22.3. The van der Waals surface area contributed by atoms with Crippen molar-refractivity contribution in [3.8, 4) is 0 Å². The fraction of sp³-hybridized carbons (Fsp3) is 0.923. The highest BCUT2D eigenvalue weighted by Gasteiger charge is 2.28. The van der Waals surface area contributed by atoms with Gasteiger partial charge >= 0.3 is 5.97 Å². The van der Waals surface area contributed by atoms with Crippen molar-refractivity contribution < 1.29 is 9.90 Å². The zero-order chi connectivity index (χ0) is 12.8. The van der Waals surface area contributed by atoms with Crippen LogP contribution in [0.25, 0.3) is 0 Å². The highest BCUT2D eigenvalue weighted by Crippen LogP contribution is 2.23. The average Bonchev–Trinajstić information content (AvgIpc) is 2.35. The molecule has 100 valence electrons. The van der Waals surface area contributed by atoms with Gasteiger partial charge in [-0.2, -0.15) is 0 Å². The summed E-state index contributed by atoms with van der Waals surface area (Å²) in [5, 5.41) is 12.2. The molecule has 0 amide bonds. The number of carboxylic acids is 1. The van der Waals surface area contributed by atoms with E-state index in [9.17, 15) is 4.79 Å². The van der Waals surface area contributed by atoms with Gasteiger partial charge in [0.15, 0.2) is 0 Å². The zero-order valence-corrected chi connectivity index (χ0v) is 11.3. The van der Waals surface area contributed by atoms with E-state index in [1.807, 2.05) is 14.0 Å². The highest BCUT2D eigenvalue weighted by atomic mass is 16.4. The molecule has 17 heavy (non-hydrogen) atoms. The number of hydrogen-bond acceptors (Lipinski definition) is 3. The molecule has 1 fully saturated rings. The van der Waals surface area contributed by atoms with Crippen LogP contribution in [0.4, 0.5) is 0 Å². The number of nitrogens with one attached hydrogen (secondary N) is 1. The lowest BCUT2D eigenvalue weighted by molar-refractivity contribution is -0.143. The Morgan fingerprint density at radius 3 is 2.47 bits per heavy atom. The fourth-order valence-corrected chi connectivity index (χ4v) is 2.52. The molecular formula is C13H26N2O2. The average molecular weight is 242 g/mol. The van der Waals surface area contributed by atoms with Crippen molar-refractivity contribution in [2.24, 2.45) is 11.8 Å². The molecule has 0 radical (unpaired) electrons. The molecule has 0 aromatic rings. The first-order valence-corrected chi connectivity index (χ1v) is 6.67. The molecule has 2 unspecified atom stereocenters. The molecule has 4 nitrogen and oxygen atoms in total. The topological polar surface area (TPSA) is 52.6 Å². The van der Waals surface area contributed by atoms with E-state index in [-0.39, 0.29) is 12.0 Å². The summed E-state index contributed by atoms with van der Waals surface area (Å²) in [5.74, 6) is -0.148. The van der Waals surface area contributed by atoms with E-state index in [2.05, 4.69) is 10.2 Å². The van der Waals surface area contributed by atoms with Crippen LogP contribution in [0.15, 0.2) is 0 Å². The van der Waals surface area contributed by atoms with E-state index >= 15 is 0 Å². The van der Waals surface area contributed by atoms with Crippen molar-refractivity contribution >= 4 is 5.97 Å². The maximum absolute atomic E-state index is 11.0. The van der Waals surface area contributed by atoms with Gasteiger partial charge in [-0.15, -0.1) is 0 Å². The lowest BCUT2D eigenvalue weighted by Crippen LogP contribution is -2.45. The molecule has 2 atom stereocenters. The van der Waals surface area contributed by atoms with Gasteiger partial charge in [-0.1, -0.05) is 6.92 Å². The third-order valence-corrected chi connectivity index (χ3v) is 4.14. The molecule has 0 bridgehead atoms. The van der Waals surface area contributed by atoms with Crippen LogP contribution in [0.5, 0.6) is 0 Å². The van der Waals surface area contributed by atoms with Crippen molar-refractivity contribution in [3.63, 3.8) is 0 Å². The number of likely N-dealkylation sites (tertiary alicyclic amines) is 1. The van der Waals surface area contributed by atoms with Crippen LogP contribution in [-0.2, 0) is 4.79 Å². The quantitative estimate of drug-likeness (QED) is 0.739. The Labute approximate surface area is 104 Å². The van der Waals surface area contributed by atoms with E-state index in [1.165, 1.54) is 19.3 Å². The van der Waals surface area contributed by atoms with Gasteiger partial charge < -0.3 is 10.4 Å². The molecule has 1 saturated heterocycles. The monoisotopic (exact) mass is 242 g/mol. The molecule has 0 aromatic carbocycles. The number of carboxylic acid groups (broad SMARTS) is 1. The molecule has 0 spiro atoms. The minimum absolute atomic E-state index is 0.151. The summed E-state index contributed by atoms with van der Waals surface area (Å²) in [6.45, 7) is 7.03. The summed E-state index contributed by atoms with van der Waals surface area (Å²) >= 11 is 0. The molecule has 0 aromatic heterocycles. The summed E-state index contributed by atoms with van der Waals surface area (Å²) in [6, 6.07) is 0.151. The summed E-state index contributed by atoms with van der Waals surface area (Å²) in [4.78, 5) is 13.3. The van der Waals surface area contributed by atoms with Gasteiger partial charge in [0.05, 0.1) is 5.92 Å². The van der Waals surface area contributed by atoms with Crippen LogP contribution in [-0.4, -0.2) is 48.7 Å². The summed E-state index contributed by atoms with van der Waals surface area (Å²) in [6.07, 6.45) is 3.66. The van der Waals surface area contributed by atoms with E-state index in [0.717, 1.165) is 25.6 Å². The minimum Gasteiger partial charge on any atom is -0.481 e. The number of piperidine rings is 1. The maximum atomic E-state index is 11.0. The van der Waals surface area contributed by atoms with Crippen LogP contribution >= 0.6 is 0 Å². The van der Waals surface area contributed by atoms with Gasteiger partial charge in [0, 0.05) is 6.04 Å². The smallest absolute Gasteiger partial charge is 0.307 e. The SMILES string of the molecule is CNCCC1CCN(C(C)C(C)C(=O)O)CC1. The molecule has 0 saturated carbocycles. The van der Waals surface area contributed by atoms with Gasteiger partial charge in [0.1, 0.15) is 0 Å². The van der Waals surface area contributed by atoms with Gasteiger partial charge in [-0.25, -0.2) is 0 Å². The third kappa shape index (κ3) is 4.28. The van der Waals surface area contributed by atoms with Gasteiger partial charge in [0.2, 0.25) is 0 Å². The number of hydrogen-bond donors (Lipinski definition) is 2. The zero-order valence-electron chi connectivity index (χ0n) is 11.3. The first kappa shape index (κ1) is 14.5. The number of nitrogens with zero attached hydrogens (tertiary/aromatic N) is 1. The van der Waals surface area contributed by atoms with Crippen LogP contribution in [0, 0.1) is 11.8 Å². The Hall–Kier alpha value is -0.610. The second-order valence-corrected chi connectivity index (χ2v) is 5.24. The third-order valence-electron chi connectivity index (χ3n) is 4.14. The van der Waals surface area contributed by atoms with Crippen molar-refractivity contribution in [2.45, 2.75) is 39.2 Å². The molecular weight excluding hydrogens is 216 g/mol. The molecule has 4 heteroatoms. The van der Waals surface area contributed by atoms with Crippen LogP contribution in [0.3, 0.4) is 0 Å². The van der Waals surface area contributed by atoms with Gasteiger partial charge in [-0.05, 0) is 58.8 Å². The van der Waals surface area contributed by atoms with Crippen molar-refractivity contribution in [1.82, 2.24) is 10.2 Å². The predicted octanol–water partition coefficient (Wildman–Crippen LogP) is 1.42. The van der Waals surface area contributed by atoms with E-state index in [1.54, 1.807) is 6.92 Å². The highest BCUT2D eigenvalue weighted by molar-refractivity contribution is 5.70. The van der Waals surface area contributed by atoms with Gasteiger partial charge in [-0.3, -0.25) is 9.69 Å². The number of aliphatic carboxylic acids is 1. The van der Waals surface area contributed by atoms with E-state index in [0.29, 0.717) is 0 Å². The molecule has 1 aliphatic heterocycles. The van der Waals surface area contributed by atoms with Crippen LogP contribution in [0.1, 0.15) is 33.1 Å². The lowest BCUT2D eigenvalue weighted by atomic mass is 9.91. The summed E-state index contributed by atoms with van der Waals surface area (Å²) < 4.78 is 0. The summed E-state index contributed by atoms with van der Waals surface area (Å²) in [7, 11) is 1.99. The van der Waals surface area contributed by atoms with Crippen LogP contribution < -0.4 is 5.32 Å². The van der Waals surface area contributed by atoms with Crippen molar-refractivity contribution in [1.29, 1.82) is 0 Å². The Kier molecular flexibility index (Phi) is 5.92. The predicted molar refractivity (Wildman–Crippen MR) is 69.1 cm³/mol. The first-order chi connectivity index (χ1) is 8.06. The second-order valence-electron chi connectivity index (χ2n) is 5.24. The van der Waals surface area contributed by atoms with Gasteiger partial charge in [0.25, 0.3) is 0 Å². The Balaban J connectivity index is 2.33. The van der Waals surface area contributed by atoms with Crippen molar-refractivity contribution in [2.75, 3.05) is 26.7 Å². The number of carbonyl (C=O) groups is 1. The Bertz CT molecular complexity index is 238. The van der Waals surface area contributed by atoms with Crippen molar-refractivity contribution in [3.05, 3.63) is 0 Å². The molecule has 1 rings (SSSR count). The molecule has 1 heterocycles. The molecule has 2 N–H and O–H groups in total. The van der Waals surface area contributed by atoms with E-state index < -0.39 is 5.97 Å². The Morgan fingerprint density at radius 1 is 1.41 bits per heavy atom. The van der Waals surface area contributed by atoms with E-state index in [4.69, 9.17) is 5.11 Å². The lowest BCUT2D eigenvalue weighted by Gasteiger charge is -2.37. The molecule has 1 aliphatic rings. The summed E-state index contributed by atoms with van der Waals surface area (Å²) in [5.41, 5.74) is 0. The standard InChI is InChI=1S/C13H26N2O2/c1-10(13(16)17)11(2)15-8-5-12(6-9-15)4-7-14-3/h10-12,14H,4-9H2,1-3H3,(H,16,17).